The first-order valence-electron chi connectivity index (χ1n) is 5.66. The molecule has 2 N–H and O–H groups in total. The molecule has 80 valence electrons. The number of aliphatic hydroxyl groups excluding tert-OH is 1. The maximum atomic E-state index is 10.6. The molecule has 0 aromatic carbocycles. The van der Waals surface area contributed by atoms with Gasteiger partial charge in [0.05, 0.1) is 11.7 Å². The van der Waals surface area contributed by atoms with Gasteiger partial charge in [-0.25, -0.2) is 0 Å². The van der Waals surface area contributed by atoms with Crippen LogP contribution in [0.2, 0.25) is 0 Å². The lowest BCUT2D eigenvalue weighted by Gasteiger charge is -2.41. The molecule has 2 nitrogen and oxygen atoms in total. The summed E-state index contributed by atoms with van der Waals surface area (Å²) in [7, 11) is 0. The summed E-state index contributed by atoms with van der Waals surface area (Å²) < 4.78 is 0. The van der Waals surface area contributed by atoms with Crippen LogP contribution >= 0.6 is 0 Å². The second-order valence-electron chi connectivity index (χ2n) is 4.94. The Morgan fingerprint density at radius 1 is 1.29 bits per heavy atom. The van der Waals surface area contributed by atoms with E-state index in [0.29, 0.717) is 6.42 Å². The summed E-state index contributed by atoms with van der Waals surface area (Å²) in [5.41, 5.74) is -0.883. The molecule has 2 fully saturated rings. The van der Waals surface area contributed by atoms with Gasteiger partial charge < -0.3 is 10.2 Å². The van der Waals surface area contributed by atoms with Crippen molar-refractivity contribution in [1.29, 1.82) is 0 Å². The van der Waals surface area contributed by atoms with Crippen molar-refractivity contribution < 1.29 is 10.2 Å². The molecule has 2 aliphatic rings. The molecule has 14 heavy (non-hydrogen) atoms. The molecule has 0 aromatic heterocycles. The Hall–Kier alpha value is -0.340. The summed E-state index contributed by atoms with van der Waals surface area (Å²) >= 11 is 0. The summed E-state index contributed by atoms with van der Waals surface area (Å²) in [5, 5.41) is 20.6. The molecule has 0 aliphatic heterocycles. The van der Waals surface area contributed by atoms with Crippen molar-refractivity contribution in [3.63, 3.8) is 0 Å². The van der Waals surface area contributed by atoms with Crippen molar-refractivity contribution in [2.45, 2.75) is 56.7 Å². The van der Waals surface area contributed by atoms with Gasteiger partial charge in [0.1, 0.15) is 0 Å². The topological polar surface area (TPSA) is 40.5 Å². The Kier molecular flexibility index (Phi) is 2.44. The highest BCUT2D eigenvalue weighted by atomic mass is 16.3. The smallest absolute Gasteiger partial charge is 0.0762 e. The third-order valence-corrected chi connectivity index (χ3v) is 4.36. The molecular formula is C12H20O2. The Morgan fingerprint density at radius 3 is 2.57 bits per heavy atom. The minimum absolute atomic E-state index is 0.207. The summed E-state index contributed by atoms with van der Waals surface area (Å²) in [4.78, 5) is 0. The predicted molar refractivity (Wildman–Crippen MR) is 55.9 cm³/mol. The van der Waals surface area contributed by atoms with E-state index in [1.807, 2.05) is 0 Å². The van der Waals surface area contributed by atoms with Crippen LogP contribution in [0.25, 0.3) is 0 Å². The number of hydrogen-bond donors (Lipinski definition) is 2. The van der Waals surface area contributed by atoms with Crippen LogP contribution in [0.15, 0.2) is 12.7 Å². The van der Waals surface area contributed by atoms with Gasteiger partial charge >= 0.3 is 0 Å². The highest BCUT2D eigenvalue weighted by molar-refractivity contribution is 5.11. The van der Waals surface area contributed by atoms with E-state index >= 15 is 0 Å². The summed E-state index contributed by atoms with van der Waals surface area (Å²) in [6.45, 7) is 3.71. The molecular weight excluding hydrogens is 176 g/mol. The van der Waals surface area contributed by atoms with Crippen molar-refractivity contribution in [2.75, 3.05) is 0 Å². The molecule has 0 saturated heterocycles. The molecule has 2 heteroatoms. The SMILES string of the molecule is C=CC[C@@]1(O)CCC[C@]12CCC[C@@H]2O. The van der Waals surface area contributed by atoms with Crippen LogP contribution in [0.5, 0.6) is 0 Å². The van der Waals surface area contributed by atoms with E-state index in [1.54, 1.807) is 6.08 Å². The maximum absolute atomic E-state index is 10.6. The molecule has 0 bridgehead atoms. The average molecular weight is 196 g/mol. The second-order valence-corrected chi connectivity index (χ2v) is 4.94. The Labute approximate surface area is 85.6 Å². The number of aliphatic hydroxyl groups is 2. The molecule has 0 radical (unpaired) electrons. The molecule has 0 aromatic rings. The fourth-order valence-corrected chi connectivity index (χ4v) is 3.61. The van der Waals surface area contributed by atoms with Crippen molar-refractivity contribution in [1.82, 2.24) is 0 Å². The van der Waals surface area contributed by atoms with E-state index < -0.39 is 5.60 Å². The van der Waals surface area contributed by atoms with Gasteiger partial charge in [-0.2, -0.15) is 0 Å². The first-order valence-corrected chi connectivity index (χ1v) is 5.66. The normalized spacial score (nSPS) is 47.4. The lowest BCUT2D eigenvalue weighted by molar-refractivity contribution is -0.107. The highest BCUT2D eigenvalue weighted by Gasteiger charge is 2.58. The quantitative estimate of drug-likeness (QED) is 0.663. The minimum Gasteiger partial charge on any atom is -0.392 e. The third-order valence-electron chi connectivity index (χ3n) is 4.36. The molecule has 1 spiro atoms. The Morgan fingerprint density at radius 2 is 2.00 bits per heavy atom. The van der Waals surface area contributed by atoms with Gasteiger partial charge in [0.25, 0.3) is 0 Å². The van der Waals surface area contributed by atoms with Gasteiger partial charge in [0.2, 0.25) is 0 Å². The van der Waals surface area contributed by atoms with Gasteiger partial charge in [0, 0.05) is 5.41 Å². The van der Waals surface area contributed by atoms with Crippen LogP contribution in [0.3, 0.4) is 0 Å². The van der Waals surface area contributed by atoms with Crippen molar-refractivity contribution in [3.05, 3.63) is 12.7 Å². The van der Waals surface area contributed by atoms with Crippen LogP contribution < -0.4 is 0 Å². The van der Waals surface area contributed by atoms with E-state index in [2.05, 4.69) is 6.58 Å². The zero-order valence-electron chi connectivity index (χ0n) is 8.71. The molecule has 2 rings (SSSR count). The van der Waals surface area contributed by atoms with E-state index in [0.717, 1.165) is 38.5 Å². The fraction of sp³-hybridized carbons (Fsp3) is 0.833. The Balaban J connectivity index is 2.28. The predicted octanol–water partition coefficient (Wildman–Crippen LogP) is 2.01. The lowest BCUT2D eigenvalue weighted by Crippen LogP contribution is -2.48. The third kappa shape index (κ3) is 1.17. The maximum Gasteiger partial charge on any atom is 0.0762 e. The lowest BCUT2D eigenvalue weighted by atomic mass is 9.70. The van der Waals surface area contributed by atoms with Crippen LogP contribution in [0.1, 0.15) is 44.9 Å². The van der Waals surface area contributed by atoms with Gasteiger partial charge in [-0.1, -0.05) is 12.5 Å². The summed E-state index contributed by atoms with van der Waals surface area (Å²) in [5.74, 6) is 0. The molecule has 3 atom stereocenters. The van der Waals surface area contributed by atoms with Gasteiger partial charge in [-0.05, 0) is 38.5 Å². The first-order chi connectivity index (χ1) is 6.65. The van der Waals surface area contributed by atoms with Crippen molar-refractivity contribution in [2.24, 2.45) is 5.41 Å². The molecule has 0 unspecified atom stereocenters. The van der Waals surface area contributed by atoms with Gasteiger partial charge in [0.15, 0.2) is 0 Å². The van der Waals surface area contributed by atoms with Gasteiger partial charge in [-0.15, -0.1) is 6.58 Å². The van der Waals surface area contributed by atoms with E-state index in [-0.39, 0.29) is 11.5 Å². The zero-order chi connectivity index (χ0) is 10.2. The first kappa shape index (κ1) is 10.2. The van der Waals surface area contributed by atoms with E-state index in [9.17, 15) is 10.2 Å². The monoisotopic (exact) mass is 196 g/mol. The second kappa shape index (κ2) is 3.35. The van der Waals surface area contributed by atoms with Crippen LogP contribution in [0.4, 0.5) is 0 Å². The van der Waals surface area contributed by atoms with Crippen LogP contribution in [-0.4, -0.2) is 21.9 Å². The molecule has 0 heterocycles. The number of hydrogen-bond acceptors (Lipinski definition) is 2. The van der Waals surface area contributed by atoms with Crippen molar-refractivity contribution in [3.8, 4) is 0 Å². The van der Waals surface area contributed by atoms with E-state index in [4.69, 9.17) is 0 Å². The van der Waals surface area contributed by atoms with Crippen LogP contribution in [0, 0.1) is 5.41 Å². The van der Waals surface area contributed by atoms with E-state index in [1.165, 1.54) is 0 Å². The Bertz CT molecular complexity index is 234. The van der Waals surface area contributed by atoms with Crippen LogP contribution in [-0.2, 0) is 0 Å². The largest absolute Gasteiger partial charge is 0.392 e. The number of rotatable bonds is 2. The summed E-state index contributed by atoms with van der Waals surface area (Å²) in [6.07, 6.45) is 7.88. The molecule has 0 amide bonds. The standard InChI is InChI=1S/C12H20O2/c1-2-6-12(14)9-4-8-11(12)7-3-5-10(11)13/h2,10,13-14H,1,3-9H2/t10-,11-,12+/m0/s1. The fourth-order valence-electron chi connectivity index (χ4n) is 3.61. The summed E-state index contributed by atoms with van der Waals surface area (Å²) in [6, 6.07) is 0. The minimum atomic E-state index is -0.676. The molecule has 2 aliphatic carbocycles. The molecule has 2 saturated carbocycles. The zero-order valence-corrected chi connectivity index (χ0v) is 8.71. The average Bonchev–Trinajstić information content (AvgIpc) is 2.63. The highest BCUT2D eigenvalue weighted by Crippen LogP contribution is 2.57. The van der Waals surface area contributed by atoms with Crippen molar-refractivity contribution >= 4 is 0 Å². The van der Waals surface area contributed by atoms with Gasteiger partial charge in [-0.3, -0.25) is 0 Å².